The average molecular weight is 342 g/mol. The van der Waals surface area contributed by atoms with Gasteiger partial charge in [-0.1, -0.05) is 30.3 Å². The standard InChI is InChI=1S/C18H18N2O3S/c21-18-16-8-4-5-9-17(16)24(22,23)20(18)13-14-10-11-19(12-14)15-6-2-1-3-7-15/h1-9,14H,10-13H2/t14-/m1/s1. The van der Waals surface area contributed by atoms with E-state index in [1.165, 1.54) is 6.07 Å². The van der Waals surface area contributed by atoms with Crippen LogP contribution in [-0.2, 0) is 10.0 Å². The number of hydrogen-bond acceptors (Lipinski definition) is 4. The van der Waals surface area contributed by atoms with Crippen LogP contribution in [-0.4, -0.2) is 38.3 Å². The summed E-state index contributed by atoms with van der Waals surface area (Å²) in [5.74, 6) is -0.248. The quantitative estimate of drug-likeness (QED) is 0.859. The van der Waals surface area contributed by atoms with Crippen molar-refractivity contribution in [3.05, 3.63) is 60.2 Å². The smallest absolute Gasteiger partial charge is 0.269 e. The van der Waals surface area contributed by atoms with Crippen LogP contribution in [0.1, 0.15) is 16.8 Å². The number of carbonyl (C=O) groups is 1. The van der Waals surface area contributed by atoms with Gasteiger partial charge in [0.1, 0.15) is 4.90 Å². The molecule has 0 N–H and O–H groups in total. The van der Waals surface area contributed by atoms with Gasteiger partial charge in [0.2, 0.25) is 0 Å². The number of benzene rings is 2. The highest BCUT2D eigenvalue weighted by Gasteiger charge is 2.42. The molecule has 2 aliphatic heterocycles. The van der Waals surface area contributed by atoms with E-state index in [0.717, 1.165) is 29.5 Å². The van der Waals surface area contributed by atoms with E-state index in [1.807, 2.05) is 18.2 Å². The Balaban J connectivity index is 1.52. The number of carbonyl (C=O) groups excluding carboxylic acids is 1. The zero-order valence-electron chi connectivity index (χ0n) is 13.1. The molecule has 0 unspecified atom stereocenters. The molecule has 2 aromatic carbocycles. The highest BCUT2D eigenvalue weighted by Crippen LogP contribution is 2.32. The molecule has 2 heterocycles. The maximum atomic E-state index is 12.6. The predicted octanol–water partition coefficient (Wildman–Crippen LogP) is 2.36. The van der Waals surface area contributed by atoms with Gasteiger partial charge < -0.3 is 4.90 Å². The van der Waals surface area contributed by atoms with Crippen molar-refractivity contribution in [2.24, 2.45) is 5.92 Å². The van der Waals surface area contributed by atoms with Gasteiger partial charge >= 0.3 is 0 Å². The number of sulfonamides is 1. The molecule has 1 saturated heterocycles. The molecule has 1 atom stereocenters. The molecule has 4 rings (SSSR count). The molecule has 0 saturated carbocycles. The van der Waals surface area contributed by atoms with Gasteiger partial charge in [0, 0.05) is 25.3 Å². The Labute approximate surface area is 141 Å². The van der Waals surface area contributed by atoms with Crippen LogP contribution >= 0.6 is 0 Å². The number of nitrogens with zero attached hydrogens (tertiary/aromatic N) is 2. The molecule has 2 aliphatic rings. The Hall–Kier alpha value is -2.34. The lowest BCUT2D eigenvalue weighted by molar-refractivity contribution is 0.0859. The van der Waals surface area contributed by atoms with E-state index in [4.69, 9.17) is 0 Å². The van der Waals surface area contributed by atoms with Gasteiger partial charge in [-0.3, -0.25) is 4.79 Å². The second kappa shape index (κ2) is 5.63. The van der Waals surface area contributed by atoms with E-state index < -0.39 is 15.9 Å². The number of fused-ring (bicyclic) bond motifs is 1. The maximum Gasteiger partial charge on any atom is 0.269 e. The molecule has 0 aromatic heterocycles. The number of rotatable bonds is 3. The first kappa shape index (κ1) is 15.2. The summed E-state index contributed by atoms with van der Waals surface area (Å²) in [6.45, 7) is 1.89. The molecule has 0 spiro atoms. The first-order valence-electron chi connectivity index (χ1n) is 8.03. The Morgan fingerprint density at radius 1 is 1.00 bits per heavy atom. The zero-order chi connectivity index (χ0) is 16.7. The SMILES string of the molecule is O=C1c2ccccc2S(=O)(=O)N1C[C@@H]1CCN(c2ccccc2)C1. The van der Waals surface area contributed by atoms with Crippen molar-refractivity contribution >= 4 is 21.6 Å². The second-order valence-electron chi connectivity index (χ2n) is 6.27. The minimum Gasteiger partial charge on any atom is -0.371 e. The molecule has 1 fully saturated rings. The lowest BCUT2D eigenvalue weighted by atomic mass is 10.1. The third kappa shape index (κ3) is 2.38. The lowest BCUT2D eigenvalue weighted by Gasteiger charge is -2.21. The Morgan fingerprint density at radius 2 is 1.71 bits per heavy atom. The fourth-order valence-corrected chi connectivity index (χ4v) is 5.15. The fraction of sp³-hybridized carbons (Fsp3) is 0.278. The number of anilines is 1. The second-order valence-corrected chi connectivity index (χ2v) is 8.10. The first-order valence-corrected chi connectivity index (χ1v) is 9.47. The van der Waals surface area contributed by atoms with E-state index in [9.17, 15) is 13.2 Å². The third-order valence-electron chi connectivity index (χ3n) is 4.74. The molecule has 0 aliphatic carbocycles. The van der Waals surface area contributed by atoms with E-state index >= 15 is 0 Å². The summed E-state index contributed by atoms with van der Waals surface area (Å²) in [7, 11) is -3.70. The molecular formula is C18H18N2O3S. The molecule has 2 aromatic rings. The first-order chi connectivity index (χ1) is 11.6. The van der Waals surface area contributed by atoms with Gasteiger partial charge in [-0.15, -0.1) is 0 Å². The topological polar surface area (TPSA) is 57.7 Å². The highest BCUT2D eigenvalue weighted by atomic mass is 32.2. The van der Waals surface area contributed by atoms with Crippen LogP contribution in [0.25, 0.3) is 0 Å². The molecule has 0 radical (unpaired) electrons. The van der Waals surface area contributed by atoms with Crippen LogP contribution in [0.15, 0.2) is 59.5 Å². The summed E-state index contributed by atoms with van der Waals surface area (Å²) in [5, 5.41) is 0. The van der Waals surface area contributed by atoms with Crippen molar-refractivity contribution in [3.8, 4) is 0 Å². The summed E-state index contributed by atoms with van der Waals surface area (Å²) in [4.78, 5) is 14.9. The van der Waals surface area contributed by atoms with Gasteiger partial charge in [-0.05, 0) is 36.6 Å². The van der Waals surface area contributed by atoms with Crippen LogP contribution in [0.3, 0.4) is 0 Å². The van der Waals surface area contributed by atoms with Crippen molar-refractivity contribution in [1.29, 1.82) is 0 Å². The van der Waals surface area contributed by atoms with E-state index in [-0.39, 0.29) is 22.9 Å². The van der Waals surface area contributed by atoms with E-state index in [2.05, 4.69) is 17.0 Å². The van der Waals surface area contributed by atoms with Crippen molar-refractivity contribution < 1.29 is 13.2 Å². The highest BCUT2D eigenvalue weighted by molar-refractivity contribution is 7.90. The van der Waals surface area contributed by atoms with Crippen LogP contribution in [0.4, 0.5) is 5.69 Å². The molecule has 1 amide bonds. The van der Waals surface area contributed by atoms with Crippen molar-refractivity contribution in [3.63, 3.8) is 0 Å². The minimum atomic E-state index is -3.70. The van der Waals surface area contributed by atoms with E-state index in [0.29, 0.717) is 0 Å². The molecule has 24 heavy (non-hydrogen) atoms. The summed E-state index contributed by atoms with van der Waals surface area (Å²) < 4.78 is 26.3. The Morgan fingerprint density at radius 3 is 2.46 bits per heavy atom. The lowest BCUT2D eigenvalue weighted by Crippen LogP contribution is -2.35. The predicted molar refractivity (Wildman–Crippen MR) is 91.4 cm³/mol. The maximum absolute atomic E-state index is 12.6. The number of amides is 1. The van der Waals surface area contributed by atoms with Crippen molar-refractivity contribution in [1.82, 2.24) is 4.31 Å². The zero-order valence-corrected chi connectivity index (χ0v) is 13.9. The summed E-state index contributed by atoms with van der Waals surface area (Å²) >= 11 is 0. The van der Waals surface area contributed by atoms with Crippen LogP contribution in [0, 0.1) is 5.92 Å². The fourth-order valence-electron chi connectivity index (χ4n) is 3.50. The molecule has 5 nitrogen and oxygen atoms in total. The third-order valence-corrected chi connectivity index (χ3v) is 6.55. The monoisotopic (exact) mass is 342 g/mol. The van der Waals surface area contributed by atoms with Crippen molar-refractivity contribution in [2.75, 3.05) is 24.5 Å². The number of hydrogen-bond donors (Lipinski definition) is 0. The normalized spacial score (nSPS) is 22.0. The largest absolute Gasteiger partial charge is 0.371 e. The molecular weight excluding hydrogens is 324 g/mol. The average Bonchev–Trinajstić information content (AvgIpc) is 3.14. The summed E-state index contributed by atoms with van der Waals surface area (Å²) in [5.41, 5.74) is 1.43. The van der Waals surface area contributed by atoms with Gasteiger partial charge in [-0.25, -0.2) is 12.7 Å². The Bertz CT molecular complexity index is 880. The molecule has 124 valence electrons. The van der Waals surface area contributed by atoms with Crippen molar-refractivity contribution in [2.45, 2.75) is 11.3 Å². The van der Waals surface area contributed by atoms with Gasteiger partial charge in [0.15, 0.2) is 0 Å². The van der Waals surface area contributed by atoms with Crippen LogP contribution in [0.2, 0.25) is 0 Å². The van der Waals surface area contributed by atoms with Crippen LogP contribution in [0.5, 0.6) is 0 Å². The number of para-hydroxylation sites is 1. The van der Waals surface area contributed by atoms with E-state index in [1.54, 1.807) is 18.2 Å². The minimum absolute atomic E-state index is 0.132. The van der Waals surface area contributed by atoms with Gasteiger partial charge in [0.25, 0.3) is 15.9 Å². The summed E-state index contributed by atoms with van der Waals surface area (Å²) in [6.07, 6.45) is 0.880. The van der Waals surface area contributed by atoms with Gasteiger partial charge in [0.05, 0.1) is 5.56 Å². The molecule has 0 bridgehead atoms. The molecule has 6 heteroatoms. The van der Waals surface area contributed by atoms with Crippen LogP contribution < -0.4 is 4.90 Å². The Kier molecular flexibility index (Phi) is 3.57. The summed E-state index contributed by atoms with van der Waals surface area (Å²) in [6, 6.07) is 16.5. The van der Waals surface area contributed by atoms with Gasteiger partial charge in [-0.2, -0.15) is 0 Å².